The Kier molecular flexibility index (Phi) is 8.25. The van der Waals surface area contributed by atoms with Gasteiger partial charge in [0.1, 0.15) is 0 Å². The molecule has 2 aromatic rings. The summed E-state index contributed by atoms with van der Waals surface area (Å²) >= 11 is 5.99. The van der Waals surface area contributed by atoms with Gasteiger partial charge in [-0.05, 0) is 55.3 Å². The fourth-order valence-electron chi connectivity index (χ4n) is 2.49. The molecule has 1 amide bonds. The first-order chi connectivity index (χ1) is 12.6. The third-order valence-corrected chi connectivity index (χ3v) is 4.00. The third-order valence-electron chi connectivity index (χ3n) is 3.77. The van der Waals surface area contributed by atoms with E-state index < -0.39 is 0 Å². The predicted octanol–water partition coefficient (Wildman–Crippen LogP) is 3.20. The molecule has 6 heteroatoms. The van der Waals surface area contributed by atoms with Crippen LogP contribution < -0.4 is 20.1 Å². The van der Waals surface area contributed by atoms with Gasteiger partial charge >= 0.3 is 0 Å². The quantitative estimate of drug-likeness (QED) is 0.625. The van der Waals surface area contributed by atoms with Gasteiger partial charge in [0.25, 0.3) is 5.91 Å². The minimum atomic E-state index is -0.152. The van der Waals surface area contributed by atoms with Crippen molar-refractivity contribution in [2.75, 3.05) is 26.8 Å². The second kappa shape index (κ2) is 10.7. The topological polar surface area (TPSA) is 59.6 Å². The van der Waals surface area contributed by atoms with Gasteiger partial charge in [0.2, 0.25) is 0 Å². The molecule has 0 unspecified atom stereocenters. The normalized spacial score (nSPS) is 10.4. The number of carbonyl (C=O) groups excluding carboxylic acids is 1. The van der Waals surface area contributed by atoms with E-state index >= 15 is 0 Å². The number of amides is 1. The Morgan fingerprint density at radius 1 is 1.12 bits per heavy atom. The zero-order valence-corrected chi connectivity index (χ0v) is 15.9. The molecule has 0 spiro atoms. The number of hydrogen-bond donors (Lipinski definition) is 2. The summed E-state index contributed by atoms with van der Waals surface area (Å²) in [6.07, 6.45) is 0.908. The average Bonchev–Trinajstić information content (AvgIpc) is 2.64. The van der Waals surface area contributed by atoms with Crippen LogP contribution in [0.15, 0.2) is 42.5 Å². The molecule has 0 saturated carbocycles. The highest BCUT2D eigenvalue weighted by molar-refractivity contribution is 6.30. The summed E-state index contributed by atoms with van der Waals surface area (Å²) in [7, 11) is 1.59. The van der Waals surface area contributed by atoms with Gasteiger partial charge in [-0.3, -0.25) is 4.79 Å². The predicted molar refractivity (Wildman–Crippen MR) is 104 cm³/mol. The molecular formula is C20H25ClN2O3. The van der Waals surface area contributed by atoms with Gasteiger partial charge in [-0.25, -0.2) is 0 Å². The summed E-state index contributed by atoms with van der Waals surface area (Å²) in [6, 6.07) is 13.6. The first kappa shape index (κ1) is 20.1. The molecule has 0 heterocycles. The summed E-state index contributed by atoms with van der Waals surface area (Å²) in [5.74, 6) is 1.02. The second-order valence-corrected chi connectivity index (χ2v) is 6.22. The lowest BCUT2D eigenvalue weighted by Gasteiger charge is -2.12. The number of rotatable bonds is 10. The number of carbonyl (C=O) groups is 1. The van der Waals surface area contributed by atoms with Crippen molar-refractivity contribution in [1.82, 2.24) is 10.6 Å². The van der Waals surface area contributed by atoms with Crippen LogP contribution in [0.1, 0.15) is 18.1 Å². The van der Waals surface area contributed by atoms with Crippen molar-refractivity contribution in [2.24, 2.45) is 0 Å². The lowest BCUT2D eigenvalue weighted by molar-refractivity contribution is -0.123. The Morgan fingerprint density at radius 2 is 1.96 bits per heavy atom. The number of likely N-dealkylation sites (N-methyl/N-ethyl adjacent to an activating group) is 1. The highest BCUT2D eigenvalue weighted by atomic mass is 35.5. The Hall–Kier alpha value is -2.24. The minimum absolute atomic E-state index is 0.0264. The number of methoxy groups -OCH3 is 1. The highest BCUT2D eigenvalue weighted by Crippen LogP contribution is 2.28. The summed E-state index contributed by atoms with van der Waals surface area (Å²) < 4.78 is 10.9. The first-order valence-corrected chi connectivity index (χ1v) is 9.01. The van der Waals surface area contributed by atoms with Gasteiger partial charge in [0.15, 0.2) is 18.1 Å². The molecule has 2 N–H and O–H groups in total. The van der Waals surface area contributed by atoms with Crippen molar-refractivity contribution in [2.45, 2.75) is 19.9 Å². The molecule has 0 fully saturated rings. The SMILES string of the molecule is CCNC(=O)COc1ccc(CNCCc2cccc(Cl)c2)cc1OC. The zero-order chi connectivity index (χ0) is 18.8. The molecule has 2 rings (SSSR count). The summed E-state index contributed by atoms with van der Waals surface area (Å²) in [5, 5.41) is 6.86. The Bertz CT molecular complexity index is 722. The lowest BCUT2D eigenvalue weighted by Crippen LogP contribution is -2.28. The molecule has 0 radical (unpaired) electrons. The van der Waals surface area contributed by atoms with Gasteiger partial charge < -0.3 is 20.1 Å². The van der Waals surface area contributed by atoms with Gasteiger partial charge in [0.05, 0.1) is 7.11 Å². The van der Waals surface area contributed by atoms with Gasteiger partial charge in [0, 0.05) is 18.1 Å². The van der Waals surface area contributed by atoms with E-state index in [4.69, 9.17) is 21.1 Å². The van der Waals surface area contributed by atoms with E-state index in [9.17, 15) is 4.79 Å². The fraction of sp³-hybridized carbons (Fsp3) is 0.350. The van der Waals surface area contributed by atoms with E-state index in [1.54, 1.807) is 7.11 Å². The molecule has 0 aliphatic heterocycles. The van der Waals surface area contributed by atoms with Crippen LogP contribution in [0.25, 0.3) is 0 Å². The monoisotopic (exact) mass is 376 g/mol. The van der Waals surface area contributed by atoms with Crippen molar-refractivity contribution in [3.8, 4) is 11.5 Å². The van der Waals surface area contributed by atoms with Crippen LogP contribution in [-0.2, 0) is 17.8 Å². The molecule has 0 aliphatic carbocycles. The Morgan fingerprint density at radius 3 is 2.69 bits per heavy atom. The van der Waals surface area contributed by atoms with Crippen LogP contribution in [0.5, 0.6) is 11.5 Å². The maximum absolute atomic E-state index is 11.5. The van der Waals surface area contributed by atoms with Gasteiger partial charge in [-0.15, -0.1) is 0 Å². The van der Waals surface area contributed by atoms with Crippen LogP contribution in [0.3, 0.4) is 0 Å². The van der Waals surface area contributed by atoms with Crippen LogP contribution >= 0.6 is 11.6 Å². The van der Waals surface area contributed by atoms with Crippen molar-refractivity contribution in [3.63, 3.8) is 0 Å². The maximum Gasteiger partial charge on any atom is 0.257 e. The fourth-order valence-corrected chi connectivity index (χ4v) is 2.70. The van der Waals surface area contributed by atoms with Crippen molar-refractivity contribution in [1.29, 1.82) is 0 Å². The third kappa shape index (κ3) is 6.58. The molecule has 140 valence electrons. The number of halogens is 1. The summed E-state index contributed by atoms with van der Waals surface area (Å²) in [6.45, 7) is 3.98. The highest BCUT2D eigenvalue weighted by Gasteiger charge is 2.08. The van der Waals surface area contributed by atoms with Crippen molar-refractivity contribution < 1.29 is 14.3 Å². The van der Waals surface area contributed by atoms with E-state index in [0.717, 1.165) is 23.6 Å². The van der Waals surface area contributed by atoms with E-state index in [0.29, 0.717) is 24.6 Å². The Balaban J connectivity index is 1.83. The van der Waals surface area contributed by atoms with Crippen molar-refractivity contribution in [3.05, 3.63) is 58.6 Å². The van der Waals surface area contributed by atoms with Crippen LogP contribution in [0.2, 0.25) is 5.02 Å². The summed E-state index contributed by atoms with van der Waals surface area (Å²) in [4.78, 5) is 11.5. The van der Waals surface area contributed by atoms with Gasteiger partial charge in [-0.1, -0.05) is 29.8 Å². The average molecular weight is 377 g/mol. The second-order valence-electron chi connectivity index (χ2n) is 5.78. The number of hydrogen-bond acceptors (Lipinski definition) is 4. The zero-order valence-electron chi connectivity index (χ0n) is 15.2. The molecule has 26 heavy (non-hydrogen) atoms. The smallest absolute Gasteiger partial charge is 0.257 e. The van der Waals surface area contributed by atoms with E-state index in [1.165, 1.54) is 5.56 Å². The molecule has 0 bridgehead atoms. The molecule has 0 atom stereocenters. The van der Waals surface area contributed by atoms with Crippen LogP contribution in [0.4, 0.5) is 0 Å². The Labute approximate surface area is 159 Å². The van der Waals surface area contributed by atoms with Crippen LogP contribution in [-0.4, -0.2) is 32.7 Å². The number of ether oxygens (including phenoxy) is 2. The standard InChI is InChI=1S/C20H25ClN2O3/c1-3-23-20(24)14-26-18-8-7-16(12-19(18)25-2)13-22-10-9-15-5-4-6-17(21)11-15/h4-8,11-12,22H,3,9-10,13-14H2,1-2H3,(H,23,24). The first-order valence-electron chi connectivity index (χ1n) is 8.64. The molecule has 0 aromatic heterocycles. The molecule has 0 saturated heterocycles. The van der Waals surface area contributed by atoms with E-state index in [-0.39, 0.29) is 12.5 Å². The van der Waals surface area contributed by atoms with Crippen LogP contribution in [0, 0.1) is 0 Å². The van der Waals surface area contributed by atoms with E-state index in [1.807, 2.05) is 43.3 Å². The largest absolute Gasteiger partial charge is 0.493 e. The van der Waals surface area contributed by atoms with Gasteiger partial charge in [-0.2, -0.15) is 0 Å². The minimum Gasteiger partial charge on any atom is -0.493 e. The molecule has 5 nitrogen and oxygen atoms in total. The number of nitrogens with one attached hydrogen (secondary N) is 2. The molecule has 2 aromatic carbocycles. The molecule has 0 aliphatic rings. The summed E-state index contributed by atoms with van der Waals surface area (Å²) in [5.41, 5.74) is 2.29. The number of benzene rings is 2. The lowest BCUT2D eigenvalue weighted by atomic mass is 10.1. The van der Waals surface area contributed by atoms with E-state index in [2.05, 4.69) is 16.7 Å². The van der Waals surface area contributed by atoms with Crippen molar-refractivity contribution >= 4 is 17.5 Å². The maximum atomic E-state index is 11.5. The molecular weight excluding hydrogens is 352 g/mol.